The SMILES string of the molecule is [CH]CCCNCc1ccccn1. The molecule has 0 aliphatic heterocycles. The Morgan fingerprint density at radius 1 is 1.42 bits per heavy atom. The maximum absolute atomic E-state index is 5.35. The van der Waals surface area contributed by atoms with Gasteiger partial charge in [0.15, 0.2) is 0 Å². The van der Waals surface area contributed by atoms with Gasteiger partial charge in [-0.3, -0.25) is 4.98 Å². The Bertz CT molecular complexity index is 196. The Hall–Kier alpha value is -0.890. The molecular formula is C10H14N2. The third-order valence-electron chi connectivity index (χ3n) is 1.59. The van der Waals surface area contributed by atoms with Gasteiger partial charge in [0.2, 0.25) is 0 Å². The maximum Gasteiger partial charge on any atom is 0.0541 e. The van der Waals surface area contributed by atoms with E-state index in [1.165, 1.54) is 0 Å². The number of nitrogens with one attached hydrogen (secondary N) is 1. The smallest absolute Gasteiger partial charge is 0.0541 e. The molecule has 0 unspecified atom stereocenters. The summed E-state index contributed by atoms with van der Waals surface area (Å²) in [6, 6.07) is 5.92. The van der Waals surface area contributed by atoms with Gasteiger partial charge in [-0.1, -0.05) is 6.07 Å². The number of nitrogens with zero attached hydrogens (tertiary/aromatic N) is 1. The summed E-state index contributed by atoms with van der Waals surface area (Å²) in [6.07, 6.45) is 3.57. The van der Waals surface area contributed by atoms with Crippen LogP contribution in [0.25, 0.3) is 0 Å². The molecule has 2 nitrogen and oxygen atoms in total. The molecule has 0 aromatic carbocycles. The standard InChI is InChI=1S/C10H14N2/c1-2-3-7-11-9-10-6-4-5-8-12-10/h1,4-6,8,11H,2-3,7,9H2. The van der Waals surface area contributed by atoms with Gasteiger partial charge < -0.3 is 5.32 Å². The van der Waals surface area contributed by atoms with E-state index < -0.39 is 0 Å². The van der Waals surface area contributed by atoms with Crippen LogP contribution in [0.5, 0.6) is 0 Å². The Balaban J connectivity index is 2.16. The Kier molecular flexibility index (Phi) is 4.39. The summed E-state index contributed by atoms with van der Waals surface area (Å²) in [4.78, 5) is 4.18. The van der Waals surface area contributed by atoms with Crippen LogP contribution in [0.3, 0.4) is 0 Å². The van der Waals surface area contributed by atoms with E-state index in [4.69, 9.17) is 6.92 Å². The van der Waals surface area contributed by atoms with Gasteiger partial charge in [0, 0.05) is 12.7 Å². The molecule has 1 aromatic rings. The van der Waals surface area contributed by atoms with Gasteiger partial charge in [-0.25, -0.2) is 0 Å². The lowest BCUT2D eigenvalue weighted by molar-refractivity contribution is 0.645. The normalized spacial score (nSPS) is 10.1. The topological polar surface area (TPSA) is 24.9 Å². The molecule has 64 valence electrons. The summed E-state index contributed by atoms with van der Waals surface area (Å²) >= 11 is 0. The van der Waals surface area contributed by atoms with Gasteiger partial charge in [-0.15, -0.1) is 0 Å². The van der Waals surface area contributed by atoms with Gasteiger partial charge in [0.05, 0.1) is 5.69 Å². The molecule has 0 spiro atoms. The highest BCUT2D eigenvalue weighted by molar-refractivity contribution is 5.02. The summed E-state index contributed by atoms with van der Waals surface area (Å²) < 4.78 is 0. The molecule has 1 N–H and O–H groups in total. The third kappa shape index (κ3) is 3.49. The van der Waals surface area contributed by atoms with Crippen LogP contribution in [0.15, 0.2) is 24.4 Å². The van der Waals surface area contributed by atoms with Crippen molar-refractivity contribution < 1.29 is 0 Å². The lowest BCUT2D eigenvalue weighted by atomic mass is 10.3. The molecule has 1 aromatic heterocycles. The molecule has 2 radical (unpaired) electrons. The molecule has 0 saturated heterocycles. The van der Waals surface area contributed by atoms with Crippen molar-refractivity contribution in [1.82, 2.24) is 10.3 Å². The number of pyridine rings is 1. The van der Waals surface area contributed by atoms with Gasteiger partial charge in [0.1, 0.15) is 0 Å². The fourth-order valence-corrected chi connectivity index (χ4v) is 0.946. The Morgan fingerprint density at radius 3 is 3.00 bits per heavy atom. The van der Waals surface area contributed by atoms with Gasteiger partial charge >= 0.3 is 0 Å². The lowest BCUT2D eigenvalue weighted by Gasteiger charge is -2.01. The Morgan fingerprint density at radius 2 is 2.33 bits per heavy atom. The highest BCUT2D eigenvalue weighted by Crippen LogP contribution is 1.92. The second-order valence-corrected chi connectivity index (χ2v) is 2.64. The molecule has 0 atom stereocenters. The average Bonchev–Trinajstić information content (AvgIpc) is 2.14. The molecule has 0 aliphatic rings. The third-order valence-corrected chi connectivity index (χ3v) is 1.59. The zero-order valence-electron chi connectivity index (χ0n) is 7.16. The van der Waals surface area contributed by atoms with Crippen LogP contribution >= 0.6 is 0 Å². The zero-order chi connectivity index (χ0) is 8.65. The molecule has 0 bridgehead atoms. The molecule has 0 saturated carbocycles. The zero-order valence-corrected chi connectivity index (χ0v) is 7.16. The first-order valence-electron chi connectivity index (χ1n) is 4.24. The van der Waals surface area contributed by atoms with Crippen molar-refractivity contribution in [3.63, 3.8) is 0 Å². The van der Waals surface area contributed by atoms with Crippen LogP contribution in [0, 0.1) is 6.92 Å². The van der Waals surface area contributed by atoms with E-state index >= 15 is 0 Å². The van der Waals surface area contributed by atoms with E-state index in [0.717, 1.165) is 31.6 Å². The highest BCUT2D eigenvalue weighted by Gasteiger charge is 1.90. The predicted octanol–water partition coefficient (Wildman–Crippen LogP) is 1.66. The van der Waals surface area contributed by atoms with Gasteiger partial charge in [-0.2, -0.15) is 0 Å². The number of aromatic nitrogens is 1. The maximum atomic E-state index is 5.35. The average molecular weight is 162 g/mol. The largest absolute Gasteiger partial charge is 0.311 e. The molecule has 0 fully saturated rings. The fraction of sp³-hybridized carbons (Fsp3) is 0.400. The van der Waals surface area contributed by atoms with E-state index in [-0.39, 0.29) is 0 Å². The van der Waals surface area contributed by atoms with Crippen LogP contribution in [0.4, 0.5) is 0 Å². The number of rotatable bonds is 5. The first-order valence-corrected chi connectivity index (χ1v) is 4.24. The highest BCUT2D eigenvalue weighted by atomic mass is 14.9. The molecule has 1 rings (SSSR count). The summed E-state index contributed by atoms with van der Waals surface area (Å²) in [7, 11) is 0. The van der Waals surface area contributed by atoms with Gasteiger partial charge in [0.25, 0.3) is 0 Å². The van der Waals surface area contributed by atoms with Crippen molar-refractivity contribution >= 4 is 0 Å². The molecule has 0 aliphatic carbocycles. The van der Waals surface area contributed by atoms with Crippen LogP contribution in [0.1, 0.15) is 18.5 Å². The number of hydrogen-bond donors (Lipinski definition) is 1. The first-order chi connectivity index (χ1) is 5.93. The van der Waals surface area contributed by atoms with Crippen LogP contribution < -0.4 is 5.32 Å². The summed E-state index contributed by atoms with van der Waals surface area (Å²) in [5, 5.41) is 3.26. The van der Waals surface area contributed by atoms with Crippen molar-refractivity contribution in [3.8, 4) is 0 Å². The van der Waals surface area contributed by atoms with Crippen molar-refractivity contribution in [2.45, 2.75) is 19.4 Å². The van der Waals surface area contributed by atoms with Crippen molar-refractivity contribution in [1.29, 1.82) is 0 Å². The quantitative estimate of drug-likeness (QED) is 0.666. The first kappa shape index (κ1) is 9.20. The van der Waals surface area contributed by atoms with E-state index in [9.17, 15) is 0 Å². The molecular weight excluding hydrogens is 148 g/mol. The van der Waals surface area contributed by atoms with E-state index in [1.54, 1.807) is 6.20 Å². The molecule has 0 amide bonds. The molecule has 12 heavy (non-hydrogen) atoms. The van der Waals surface area contributed by atoms with Gasteiger partial charge in [-0.05, 0) is 38.4 Å². The number of unbranched alkanes of at least 4 members (excludes halogenated alkanes) is 1. The summed E-state index contributed by atoms with van der Waals surface area (Å²) in [5.74, 6) is 0. The predicted molar refractivity (Wildman–Crippen MR) is 49.5 cm³/mol. The minimum absolute atomic E-state index is 0.745. The van der Waals surface area contributed by atoms with E-state index in [1.807, 2.05) is 18.2 Å². The molecule has 2 heteroatoms. The van der Waals surface area contributed by atoms with E-state index in [0.29, 0.717) is 0 Å². The van der Waals surface area contributed by atoms with Crippen LogP contribution in [0.2, 0.25) is 0 Å². The summed E-state index contributed by atoms with van der Waals surface area (Å²) in [6.45, 7) is 7.15. The van der Waals surface area contributed by atoms with Crippen LogP contribution in [-0.2, 0) is 6.54 Å². The van der Waals surface area contributed by atoms with Crippen molar-refractivity contribution in [3.05, 3.63) is 37.0 Å². The van der Waals surface area contributed by atoms with Crippen molar-refractivity contribution in [2.24, 2.45) is 0 Å². The van der Waals surface area contributed by atoms with Crippen molar-refractivity contribution in [2.75, 3.05) is 6.54 Å². The fourth-order valence-electron chi connectivity index (χ4n) is 0.946. The second-order valence-electron chi connectivity index (χ2n) is 2.64. The minimum Gasteiger partial charge on any atom is -0.311 e. The van der Waals surface area contributed by atoms with E-state index in [2.05, 4.69) is 10.3 Å². The molecule has 1 heterocycles. The monoisotopic (exact) mass is 162 g/mol. The Labute approximate surface area is 74.0 Å². The number of hydrogen-bond acceptors (Lipinski definition) is 2. The minimum atomic E-state index is 0.745. The van der Waals surface area contributed by atoms with Crippen LogP contribution in [-0.4, -0.2) is 11.5 Å². The lowest BCUT2D eigenvalue weighted by Crippen LogP contribution is -2.15. The summed E-state index contributed by atoms with van der Waals surface area (Å²) in [5.41, 5.74) is 1.08. The second kappa shape index (κ2) is 5.72.